The van der Waals surface area contributed by atoms with E-state index in [2.05, 4.69) is 20.5 Å². The van der Waals surface area contributed by atoms with Crippen LogP contribution in [0.15, 0.2) is 18.2 Å². The second-order valence-corrected chi connectivity index (χ2v) is 6.35. The molecule has 0 bridgehead atoms. The first-order valence-corrected chi connectivity index (χ1v) is 7.19. The Morgan fingerprint density at radius 2 is 2.00 bits per heavy atom. The van der Waals surface area contributed by atoms with Gasteiger partial charge in [-0.05, 0) is 23.1 Å². The molecule has 0 aliphatic heterocycles. The van der Waals surface area contributed by atoms with Crippen LogP contribution in [-0.4, -0.2) is 21.1 Å². The first-order chi connectivity index (χ1) is 10.8. The Morgan fingerprint density at radius 3 is 2.57 bits per heavy atom. The minimum Gasteiger partial charge on any atom is -0.367 e. The van der Waals surface area contributed by atoms with Crippen LogP contribution in [0.4, 0.5) is 14.7 Å². The summed E-state index contributed by atoms with van der Waals surface area (Å²) in [6, 6.07) is 3.17. The maximum atomic E-state index is 13.1. The summed E-state index contributed by atoms with van der Waals surface area (Å²) in [7, 11) is 0. The van der Waals surface area contributed by atoms with Crippen molar-refractivity contribution in [3.05, 3.63) is 41.2 Å². The second kappa shape index (κ2) is 5.29. The molecule has 0 saturated heterocycles. The fraction of sp³-hybridized carbons (Fsp3) is 0.400. The van der Waals surface area contributed by atoms with Gasteiger partial charge in [-0.1, -0.05) is 13.8 Å². The zero-order valence-electron chi connectivity index (χ0n) is 12.7. The number of benzene rings is 1. The van der Waals surface area contributed by atoms with E-state index in [1.807, 2.05) is 13.8 Å². The number of aromatic amines is 1. The number of hydrogen-bond donors (Lipinski definition) is 3. The average molecular weight is 321 g/mol. The molecule has 1 amide bonds. The van der Waals surface area contributed by atoms with Gasteiger partial charge in [-0.3, -0.25) is 9.89 Å². The Balaban J connectivity index is 1.67. The lowest BCUT2D eigenvalue weighted by atomic mass is 10.1. The SMILES string of the molecule is CC1(C)[C@H](C(=O)NCc2cc(F)cc(F)c2)[C@@H]1c1nc(N)n[nH]1. The highest BCUT2D eigenvalue weighted by atomic mass is 19.1. The Labute approximate surface area is 131 Å². The number of nitrogens with two attached hydrogens (primary N) is 1. The van der Waals surface area contributed by atoms with E-state index in [4.69, 9.17) is 5.73 Å². The predicted molar refractivity (Wildman–Crippen MR) is 79.0 cm³/mol. The summed E-state index contributed by atoms with van der Waals surface area (Å²) in [4.78, 5) is 16.4. The largest absolute Gasteiger partial charge is 0.367 e. The molecule has 122 valence electrons. The summed E-state index contributed by atoms with van der Waals surface area (Å²) in [5.74, 6) is -1.24. The van der Waals surface area contributed by atoms with E-state index < -0.39 is 11.6 Å². The summed E-state index contributed by atoms with van der Waals surface area (Å²) in [6.45, 7) is 3.95. The fourth-order valence-electron chi connectivity index (χ4n) is 3.08. The van der Waals surface area contributed by atoms with Gasteiger partial charge in [0.2, 0.25) is 11.9 Å². The molecule has 1 aromatic carbocycles. The van der Waals surface area contributed by atoms with Gasteiger partial charge in [0.25, 0.3) is 0 Å². The summed E-state index contributed by atoms with van der Waals surface area (Å²) >= 11 is 0. The summed E-state index contributed by atoms with van der Waals surface area (Å²) in [5, 5.41) is 9.22. The van der Waals surface area contributed by atoms with E-state index in [0.717, 1.165) is 6.07 Å². The predicted octanol–water partition coefficient (Wildman–Crippen LogP) is 1.72. The average Bonchev–Trinajstić information content (AvgIpc) is 2.79. The van der Waals surface area contributed by atoms with Crippen molar-refractivity contribution in [1.29, 1.82) is 0 Å². The van der Waals surface area contributed by atoms with Crippen LogP contribution in [0, 0.1) is 23.0 Å². The van der Waals surface area contributed by atoms with Crippen molar-refractivity contribution in [2.75, 3.05) is 5.73 Å². The molecule has 1 saturated carbocycles. The van der Waals surface area contributed by atoms with Gasteiger partial charge in [0.15, 0.2) is 0 Å². The normalized spacial score (nSPS) is 21.9. The van der Waals surface area contributed by atoms with E-state index >= 15 is 0 Å². The highest BCUT2D eigenvalue weighted by Crippen LogP contribution is 2.63. The first kappa shape index (κ1) is 15.4. The molecular formula is C15H17F2N5O. The Kier molecular flexibility index (Phi) is 3.54. The lowest BCUT2D eigenvalue weighted by Gasteiger charge is -2.06. The molecule has 1 fully saturated rings. The number of carbonyl (C=O) groups excluding carboxylic acids is 1. The van der Waals surface area contributed by atoms with Gasteiger partial charge >= 0.3 is 0 Å². The van der Waals surface area contributed by atoms with Crippen LogP contribution in [0.1, 0.15) is 31.2 Å². The van der Waals surface area contributed by atoms with Crippen molar-refractivity contribution in [3.8, 4) is 0 Å². The summed E-state index contributed by atoms with van der Waals surface area (Å²) in [5.41, 5.74) is 5.57. The smallest absolute Gasteiger partial charge is 0.239 e. The number of aromatic nitrogens is 3. The van der Waals surface area contributed by atoms with Crippen molar-refractivity contribution >= 4 is 11.9 Å². The lowest BCUT2D eigenvalue weighted by Crippen LogP contribution is -2.26. The topological polar surface area (TPSA) is 96.7 Å². The fourth-order valence-corrected chi connectivity index (χ4v) is 3.08. The van der Waals surface area contributed by atoms with Gasteiger partial charge in [-0.25, -0.2) is 8.78 Å². The van der Waals surface area contributed by atoms with Crippen LogP contribution in [0.2, 0.25) is 0 Å². The molecule has 3 rings (SSSR count). The maximum absolute atomic E-state index is 13.1. The Bertz CT molecular complexity index is 738. The van der Waals surface area contributed by atoms with Gasteiger partial charge in [-0.2, -0.15) is 4.98 Å². The van der Waals surface area contributed by atoms with Crippen LogP contribution in [0.5, 0.6) is 0 Å². The third-order valence-corrected chi connectivity index (χ3v) is 4.31. The van der Waals surface area contributed by atoms with Crippen LogP contribution in [0.3, 0.4) is 0 Å². The third-order valence-electron chi connectivity index (χ3n) is 4.31. The van der Waals surface area contributed by atoms with E-state index in [1.54, 1.807) is 0 Å². The van der Waals surface area contributed by atoms with Gasteiger partial charge < -0.3 is 11.1 Å². The van der Waals surface area contributed by atoms with Crippen molar-refractivity contribution < 1.29 is 13.6 Å². The van der Waals surface area contributed by atoms with E-state index in [9.17, 15) is 13.6 Å². The Morgan fingerprint density at radius 1 is 1.35 bits per heavy atom. The molecule has 6 nitrogen and oxygen atoms in total. The molecule has 0 unspecified atom stereocenters. The van der Waals surface area contributed by atoms with E-state index in [1.165, 1.54) is 12.1 Å². The van der Waals surface area contributed by atoms with Crippen molar-refractivity contribution in [1.82, 2.24) is 20.5 Å². The minimum atomic E-state index is -0.670. The Hall–Kier alpha value is -2.51. The van der Waals surface area contributed by atoms with Crippen LogP contribution in [-0.2, 0) is 11.3 Å². The molecule has 8 heteroatoms. The number of rotatable bonds is 4. The number of H-pyrrole nitrogens is 1. The zero-order valence-corrected chi connectivity index (χ0v) is 12.7. The van der Waals surface area contributed by atoms with Gasteiger partial charge in [0.05, 0.1) is 5.92 Å². The summed E-state index contributed by atoms with van der Waals surface area (Å²) in [6.07, 6.45) is 0. The van der Waals surface area contributed by atoms with Crippen LogP contribution >= 0.6 is 0 Å². The molecule has 1 aliphatic carbocycles. The molecule has 2 aromatic rings. The molecular weight excluding hydrogens is 304 g/mol. The molecule has 23 heavy (non-hydrogen) atoms. The van der Waals surface area contributed by atoms with Crippen molar-refractivity contribution in [2.24, 2.45) is 11.3 Å². The number of anilines is 1. The molecule has 1 aromatic heterocycles. The molecule has 0 radical (unpaired) electrons. The number of carbonyl (C=O) groups is 1. The number of nitrogen functional groups attached to an aromatic ring is 1. The first-order valence-electron chi connectivity index (χ1n) is 7.19. The van der Waals surface area contributed by atoms with Crippen LogP contribution < -0.4 is 11.1 Å². The van der Waals surface area contributed by atoms with E-state index in [0.29, 0.717) is 11.4 Å². The van der Waals surface area contributed by atoms with Gasteiger partial charge in [0, 0.05) is 18.5 Å². The minimum absolute atomic E-state index is 0.0609. The van der Waals surface area contributed by atoms with E-state index in [-0.39, 0.29) is 35.7 Å². The van der Waals surface area contributed by atoms with Gasteiger partial charge in [-0.15, -0.1) is 5.10 Å². The number of halogens is 2. The summed E-state index contributed by atoms with van der Waals surface area (Å²) < 4.78 is 26.3. The highest BCUT2D eigenvalue weighted by Gasteiger charge is 2.63. The molecule has 0 spiro atoms. The van der Waals surface area contributed by atoms with Crippen molar-refractivity contribution in [2.45, 2.75) is 26.3 Å². The van der Waals surface area contributed by atoms with Gasteiger partial charge in [0.1, 0.15) is 17.5 Å². The number of amides is 1. The number of hydrogen-bond acceptors (Lipinski definition) is 4. The highest BCUT2D eigenvalue weighted by molar-refractivity contribution is 5.84. The molecule has 1 heterocycles. The monoisotopic (exact) mass is 321 g/mol. The number of nitrogens with zero attached hydrogens (tertiary/aromatic N) is 2. The molecule has 1 aliphatic rings. The molecule has 4 N–H and O–H groups in total. The van der Waals surface area contributed by atoms with Crippen LogP contribution in [0.25, 0.3) is 0 Å². The zero-order chi connectivity index (χ0) is 16.8. The standard InChI is InChI=1S/C15H17F2N5O/c1-15(2)10(12-20-14(18)22-21-12)11(15)13(23)19-6-7-3-8(16)5-9(17)4-7/h3-5,10-11H,6H2,1-2H3,(H,19,23)(H3,18,20,21,22)/t10-,11+/m1/s1. The quantitative estimate of drug-likeness (QED) is 0.799. The van der Waals surface area contributed by atoms with Crippen molar-refractivity contribution in [3.63, 3.8) is 0 Å². The third kappa shape index (κ3) is 2.88. The lowest BCUT2D eigenvalue weighted by molar-refractivity contribution is -0.123. The number of nitrogens with one attached hydrogen (secondary N) is 2. The molecule has 2 atom stereocenters. The second-order valence-electron chi connectivity index (χ2n) is 6.35. The maximum Gasteiger partial charge on any atom is 0.239 e.